The molecule has 0 spiro atoms. The van der Waals surface area contributed by atoms with E-state index in [1.54, 1.807) is 24.8 Å². The van der Waals surface area contributed by atoms with Crippen molar-refractivity contribution in [3.63, 3.8) is 0 Å². The maximum absolute atomic E-state index is 12.3. The third-order valence-corrected chi connectivity index (χ3v) is 4.37. The van der Waals surface area contributed by atoms with Crippen LogP contribution < -0.4 is 5.43 Å². The summed E-state index contributed by atoms with van der Waals surface area (Å²) in [7, 11) is 0. The quantitative estimate of drug-likeness (QED) is 0.438. The van der Waals surface area contributed by atoms with Gasteiger partial charge in [0.1, 0.15) is 5.58 Å². The Kier molecular flexibility index (Phi) is 6.54. The summed E-state index contributed by atoms with van der Waals surface area (Å²) in [5.74, 6) is 6.84. The van der Waals surface area contributed by atoms with E-state index in [0.29, 0.717) is 34.5 Å². The highest BCUT2D eigenvalue weighted by molar-refractivity contribution is 7.99. The van der Waals surface area contributed by atoms with E-state index < -0.39 is 0 Å². The molecule has 1 heterocycles. The number of unbranched alkanes of at least 4 members (excludes halogenated alkanes) is 2. The fraction of sp³-hybridized carbons (Fsp3) is 0.389. The van der Waals surface area contributed by atoms with Gasteiger partial charge in [0.2, 0.25) is 0 Å². The zero-order chi connectivity index (χ0) is 15.8. The van der Waals surface area contributed by atoms with Gasteiger partial charge in [-0.2, -0.15) is 0 Å². The minimum Gasteiger partial charge on any atom is -0.449 e. The topological polar surface area (TPSA) is 30.2 Å². The number of alkyl halides is 1. The molecule has 0 unspecified atom stereocenters. The molecule has 0 atom stereocenters. The van der Waals surface area contributed by atoms with Crippen molar-refractivity contribution in [2.75, 3.05) is 12.4 Å². The predicted octanol–water partition coefficient (Wildman–Crippen LogP) is 4.73. The molecule has 0 fully saturated rings. The number of rotatable bonds is 6. The molecule has 4 heteroatoms. The summed E-state index contributed by atoms with van der Waals surface area (Å²) < 4.78 is 17.7. The van der Waals surface area contributed by atoms with Gasteiger partial charge < -0.3 is 4.42 Å². The van der Waals surface area contributed by atoms with Crippen LogP contribution >= 0.6 is 11.8 Å². The van der Waals surface area contributed by atoms with Crippen molar-refractivity contribution in [2.24, 2.45) is 0 Å². The van der Waals surface area contributed by atoms with Gasteiger partial charge in [0.15, 0.2) is 10.5 Å². The van der Waals surface area contributed by atoms with Crippen LogP contribution in [0.2, 0.25) is 0 Å². The maximum Gasteiger partial charge on any atom is 0.196 e. The number of para-hydroxylation sites is 1. The van der Waals surface area contributed by atoms with Crippen LogP contribution in [0.25, 0.3) is 11.0 Å². The summed E-state index contributed by atoms with van der Waals surface area (Å²) in [4.78, 5) is 12.3. The zero-order valence-electron chi connectivity index (χ0n) is 12.7. The Labute approximate surface area is 134 Å². The first kappa shape index (κ1) is 16.6. The molecule has 1 aromatic carbocycles. The van der Waals surface area contributed by atoms with Gasteiger partial charge in [0.05, 0.1) is 12.1 Å². The molecule has 0 aliphatic carbocycles. The number of hydrogen-bond acceptors (Lipinski definition) is 3. The predicted molar refractivity (Wildman–Crippen MR) is 90.2 cm³/mol. The Morgan fingerprint density at radius 1 is 1.18 bits per heavy atom. The van der Waals surface area contributed by atoms with Gasteiger partial charge in [0, 0.05) is 24.2 Å². The lowest BCUT2D eigenvalue weighted by atomic mass is 10.2. The first-order chi connectivity index (χ1) is 10.7. The Balaban J connectivity index is 1.93. The molecule has 2 rings (SSSR count). The minimum atomic E-state index is -0.301. The van der Waals surface area contributed by atoms with E-state index in [1.807, 2.05) is 18.2 Å². The van der Waals surface area contributed by atoms with E-state index in [1.165, 1.54) is 0 Å². The molecule has 2 aromatic rings. The van der Waals surface area contributed by atoms with Crippen LogP contribution in [0.1, 0.15) is 31.2 Å². The van der Waals surface area contributed by atoms with Crippen LogP contribution in [-0.4, -0.2) is 12.4 Å². The largest absolute Gasteiger partial charge is 0.449 e. The van der Waals surface area contributed by atoms with Crippen molar-refractivity contribution in [3.05, 3.63) is 40.1 Å². The number of benzene rings is 1. The van der Waals surface area contributed by atoms with E-state index in [0.717, 1.165) is 18.6 Å². The van der Waals surface area contributed by atoms with Gasteiger partial charge in [-0.3, -0.25) is 9.18 Å². The number of fused-ring (bicyclic) bond motifs is 1. The molecule has 0 radical (unpaired) electrons. The summed E-state index contributed by atoms with van der Waals surface area (Å²) in [6, 6.07) is 7.31. The third kappa shape index (κ3) is 4.38. The zero-order valence-corrected chi connectivity index (χ0v) is 13.5. The second kappa shape index (κ2) is 8.65. The molecule has 0 aliphatic heterocycles. The molecule has 116 valence electrons. The molecule has 0 aliphatic rings. The highest BCUT2D eigenvalue weighted by Crippen LogP contribution is 2.25. The Hall–Kier alpha value is -1.73. The Bertz CT molecular complexity index is 740. The van der Waals surface area contributed by atoms with E-state index in [9.17, 15) is 9.18 Å². The Morgan fingerprint density at radius 3 is 2.68 bits per heavy atom. The van der Waals surface area contributed by atoms with E-state index in [4.69, 9.17) is 4.42 Å². The minimum absolute atomic E-state index is 0.0374. The third-order valence-electron chi connectivity index (χ3n) is 3.22. The monoisotopic (exact) mass is 318 g/mol. The standard InChI is InChI=1S/C18H19FO2S/c1-14-17(20)15-10-6-7-11-16(15)21-18(14)22-13-9-5-3-2-4-8-12-19/h6-7,10-11H,4-5,8-9,12-13H2,1H3. The Morgan fingerprint density at radius 2 is 1.91 bits per heavy atom. The SMILES string of the molecule is Cc1c(SCCCC#CCCCF)oc2ccccc2c1=O. The number of halogens is 1. The fourth-order valence-corrected chi connectivity index (χ4v) is 2.94. The van der Waals surface area contributed by atoms with Gasteiger partial charge in [-0.15, -0.1) is 11.8 Å². The second-order valence-corrected chi connectivity index (χ2v) is 6.01. The van der Waals surface area contributed by atoms with E-state index >= 15 is 0 Å². The molecule has 22 heavy (non-hydrogen) atoms. The molecule has 0 amide bonds. The molecule has 2 nitrogen and oxygen atoms in total. The fourth-order valence-electron chi connectivity index (χ4n) is 2.01. The van der Waals surface area contributed by atoms with E-state index in [-0.39, 0.29) is 12.1 Å². The molecule has 1 aromatic heterocycles. The molecule has 0 saturated heterocycles. The summed E-state index contributed by atoms with van der Waals surface area (Å²) in [5.41, 5.74) is 1.33. The summed E-state index contributed by atoms with van der Waals surface area (Å²) in [5, 5.41) is 1.32. The molecular formula is C18H19FO2S. The molecular weight excluding hydrogens is 299 g/mol. The summed E-state index contributed by atoms with van der Waals surface area (Å²) >= 11 is 1.55. The lowest BCUT2D eigenvalue weighted by Gasteiger charge is -2.05. The highest BCUT2D eigenvalue weighted by atomic mass is 32.2. The van der Waals surface area contributed by atoms with Gasteiger partial charge in [0.25, 0.3) is 0 Å². The van der Waals surface area contributed by atoms with Crippen LogP contribution in [-0.2, 0) is 0 Å². The first-order valence-corrected chi connectivity index (χ1v) is 8.39. The second-order valence-electron chi connectivity index (χ2n) is 4.94. The average Bonchev–Trinajstić information content (AvgIpc) is 2.54. The van der Waals surface area contributed by atoms with Crippen LogP contribution in [0.3, 0.4) is 0 Å². The lowest BCUT2D eigenvalue weighted by Crippen LogP contribution is -2.06. The van der Waals surface area contributed by atoms with Crippen LogP contribution in [0, 0.1) is 18.8 Å². The van der Waals surface area contributed by atoms with Crippen molar-refractivity contribution in [1.82, 2.24) is 0 Å². The van der Waals surface area contributed by atoms with E-state index in [2.05, 4.69) is 11.8 Å². The van der Waals surface area contributed by atoms with Crippen molar-refractivity contribution in [2.45, 2.75) is 37.7 Å². The smallest absolute Gasteiger partial charge is 0.196 e. The molecule has 0 bridgehead atoms. The number of hydrogen-bond donors (Lipinski definition) is 0. The number of thioether (sulfide) groups is 1. The summed E-state index contributed by atoms with van der Waals surface area (Å²) in [6.45, 7) is 1.50. The van der Waals surface area contributed by atoms with Crippen molar-refractivity contribution in [1.29, 1.82) is 0 Å². The van der Waals surface area contributed by atoms with Crippen molar-refractivity contribution >= 4 is 22.7 Å². The molecule has 0 saturated carbocycles. The van der Waals surface area contributed by atoms with Gasteiger partial charge >= 0.3 is 0 Å². The van der Waals surface area contributed by atoms with Gasteiger partial charge in [-0.05, 0) is 31.9 Å². The van der Waals surface area contributed by atoms with Crippen molar-refractivity contribution < 1.29 is 8.81 Å². The normalized spacial score (nSPS) is 10.5. The lowest BCUT2D eigenvalue weighted by molar-refractivity contribution is 0.477. The van der Waals surface area contributed by atoms with Crippen LogP contribution in [0.5, 0.6) is 0 Å². The van der Waals surface area contributed by atoms with Gasteiger partial charge in [-0.1, -0.05) is 23.9 Å². The first-order valence-electron chi connectivity index (χ1n) is 7.41. The van der Waals surface area contributed by atoms with Crippen LogP contribution in [0.4, 0.5) is 4.39 Å². The highest BCUT2D eigenvalue weighted by Gasteiger charge is 2.10. The van der Waals surface area contributed by atoms with Gasteiger partial charge in [-0.25, -0.2) is 0 Å². The molecule has 0 N–H and O–H groups in total. The van der Waals surface area contributed by atoms with Crippen LogP contribution in [0.15, 0.2) is 38.6 Å². The van der Waals surface area contributed by atoms with Crippen molar-refractivity contribution in [3.8, 4) is 11.8 Å². The average molecular weight is 318 g/mol. The summed E-state index contributed by atoms with van der Waals surface area (Å²) in [6.07, 6.45) is 2.85. The maximum atomic E-state index is 12.3.